The molecule has 0 spiro atoms. The molecule has 0 saturated carbocycles. The number of anilines is 1. The number of rotatable bonds is 3. The number of benzene rings is 1. The van der Waals surface area contributed by atoms with E-state index >= 15 is 0 Å². The van der Waals surface area contributed by atoms with E-state index in [1.165, 1.54) is 0 Å². The molecule has 0 aliphatic rings. The Labute approximate surface area is 77.3 Å². The van der Waals surface area contributed by atoms with Crippen LogP contribution >= 0.6 is 0 Å². The van der Waals surface area contributed by atoms with Gasteiger partial charge in [0, 0.05) is 5.69 Å². The van der Waals surface area contributed by atoms with Crippen LogP contribution in [-0.4, -0.2) is 16.1 Å². The SMILES string of the molecule is [CH2]c1ccccc1NC(O)(O)C=C. The molecule has 0 bridgehead atoms. The van der Waals surface area contributed by atoms with Gasteiger partial charge in [-0.25, -0.2) is 0 Å². The first kappa shape index (κ1) is 9.77. The molecule has 1 radical (unpaired) electrons. The second kappa shape index (κ2) is 3.60. The van der Waals surface area contributed by atoms with Gasteiger partial charge in [0.25, 0.3) is 5.91 Å². The molecule has 0 aliphatic heterocycles. The molecule has 0 heterocycles. The summed E-state index contributed by atoms with van der Waals surface area (Å²) in [5.41, 5.74) is 1.25. The van der Waals surface area contributed by atoms with E-state index in [0.717, 1.165) is 6.08 Å². The van der Waals surface area contributed by atoms with Crippen molar-refractivity contribution in [1.82, 2.24) is 0 Å². The van der Waals surface area contributed by atoms with Crippen LogP contribution in [0.25, 0.3) is 0 Å². The maximum Gasteiger partial charge on any atom is 0.265 e. The third kappa shape index (κ3) is 2.57. The Morgan fingerprint density at radius 1 is 1.31 bits per heavy atom. The van der Waals surface area contributed by atoms with Crippen molar-refractivity contribution in [3.05, 3.63) is 49.4 Å². The standard InChI is InChI=1S/C10H12NO2/c1-3-10(12,13)11-9-7-5-4-6-8(9)2/h3-7,11-13H,1-2H2. The Morgan fingerprint density at radius 2 is 1.92 bits per heavy atom. The number of hydrogen-bond donors (Lipinski definition) is 3. The molecule has 3 nitrogen and oxygen atoms in total. The highest BCUT2D eigenvalue weighted by Gasteiger charge is 2.17. The minimum Gasteiger partial charge on any atom is -0.346 e. The average molecular weight is 178 g/mol. The van der Waals surface area contributed by atoms with Gasteiger partial charge in [-0.1, -0.05) is 24.8 Å². The van der Waals surface area contributed by atoms with Gasteiger partial charge in [-0.3, -0.25) is 0 Å². The third-order valence-corrected chi connectivity index (χ3v) is 1.62. The first-order chi connectivity index (χ1) is 6.05. The monoisotopic (exact) mass is 178 g/mol. The lowest BCUT2D eigenvalue weighted by Crippen LogP contribution is -2.35. The predicted molar refractivity (Wildman–Crippen MR) is 51.9 cm³/mol. The van der Waals surface area contributed by atoms with Gasteiger partial charge in [0.2, 0.25) is 0 Å². The number of nitrogens with one attached hydrogen (secondary N) is 1. The van der Waals surface area contributed by atoms with Gasteiger partial charge in [0.05, 0.1) is 0 Å². The second-order valence-electron chi connectivity index (χ2n) is 2.71. The average Bonchev–Trinajstić information content (AvgIpc) is 2.09. The van der Waals surface area contributed by atoms with Gasteiger partial charge in [-0.2, -0.15) is 0 Å². The molecule has 0 fully saturated rings. The minimum atomic E-state index is -2.09. The Kier molecular flexibility index (Phi) is 2.70. The summed E-state index contributed by atoms with van der Waals surface area (Å²) in [6, 6.07) is 7.06. The Hall–Kier alpha value is -1.32. The molecule has 0 saturated heterocycles. The summed E-state index contributed by atoms with van der Waals surface area (Å²) in [6.07, 6.45) is 0.999. The molecule has 0 atom stereocenters. The van der Waals surface area contributed by atoms with Crippen LogP contribution in [0, 0.1) is 6.92 Å². The van der Waals surface area contributed by atoms with Crippen LogP contribution in [0.15, 0.2) is 36.9 Å². The molecule has 3 N–H and O–H groups in total. The van der Waals surface area contributed by atoms with E-state index in [-0.39, 0.29) is 0 Å². The molecule has 1 rings (SSSR count). The molecule has 0 aromatic heterocycles. The smallest absolute Gasteiger partial charge is 0.265 e. The van der Waals surface area contributed by atoms with E-state index in [1.807, 2.05) is 6.07 Å². The van der Waals surface area contributed by atoms with Crippen LogP contribution in [0.2, 0.25) is 0 Å². The van der Waals surface area contributed by atoms with E-state index in [1.54, 1.807) is 18.2 Å². The van der Waals surface area contributed by atoms with E-state index in [4.69, 9.17) is 0 Å². The maximum absolute atomic E-state index is 9.20. The van der Waals surface area contributed by atoms with Crippen LogP contribution in [-0.2, 0) is 0 Å². The summed E-state index contributed by atoms with van der Waals surface area (Å²) in [6.45, 7) is 7.00. The molecule has 0 aliphatic carbocycles. The predicted octanol–water partition coefficient (Wildman–Crippen LogP) is 1.11. The summed E-state index contributed by atoms with van der Waals surface area (Å²) in [5, 5.41) is 20.9. The number of hydrogen-bond acceptors (Lipinski definition) is 3. The van der Waals surface area contributed by atoms with Crippen molar-refractivity contribution in [2.45, 2.75) is 5.91 Å². The molecule has 13 heavy (non-hydrogen) atoms. The third-order valence-electron chi connectivity index (χ3n) is 1.62. The molecule has 0 amide bonds. The zero-order valence-corrected chi connectivity index (χ0v) is 7.20. The van der Waals surface area contributed by atoms with Crippen LogP contribution in [0.3, 0.4) is 0 Å². The van der Waals surface area contributed by atoms with Crippen molar-refractivity contribution >= 4 is 5.69 Å². The van der Waals surface area contributed by atoms with Crippen molar-refractivity contribution in [3.63, 3.8) is 0 Å². The number of para-hydroxylation sites is 1. The zero-order valence-electron chi connectivity index (χ0n) is 7.20. The fourth-order valence-electron chi connectivity index (χ4n) is 0.891. The summed E-state index contributed by atoms with van der Waals surface area (Å²) in [4.78, 5) is 0. The lowest BCUT2D eigenvalue weighted by molar-refractivity contribution is -0.0916. The van der Waals surface area contributed by atoms with Crippen LogP contribution in [0.1, 0.15) is 5.56 Å². The quantitative estimate of drug-likeness (QED) is 0.480. The van der Waals surface area contributed by atoms with E-state index in [9.17, 15) is 10.2 Å². The van der Waals surface area contributed by atoms with E-state index in [2.05, 4.69) is 18.8 Å². The van der Waals surface area contributed by atoms with Gasteiger partial charge in [0.15, 0.2) is 0 Å². The molecule has 1 aromatic rings. The Morgan fingerprint density at radius 3 is 2.46 bits per heavy atom. The lowest BCUT2D eigenvalue weighted by atomic mass is 10.2. The topological polar surface area (TPSA) is 52.5 Å². The minimum absolute atomic E-state index is 0.562. The Balaban J connectivity index is 2.86. The summed E-state index contributed by atoms with van der Waals surface area (Å²) >= 11 is 0. The Bertz CT molecular complexity index is 308. The normalized spacial score (nSPS) is 11.0. The van der Waals surface area contributed by atoms with E-state index in [0.29, 0.717) is 11.3 Å². The molecule has 0 unspecified atom stereocenters. The van der Waals surface area contributed by atoms with Gasteiger partial charge >= 0.3 is 0 Å². The van der Waals surface area contributed by atoms with Crippen molar-refractivity contribution in [2.24, 2.45) is 0 Å². The molecular weight excluding hydrogens is 166 g/mol. The van der Waals surface area contributed by atoms with Crippen LogP contribution < -0.4 is 5.32 Å². The van der Waals surface area contributed by atoms with Crippen LogP contribution in [0.5, 0.6) is 0 Å². The molecular formula is C10H12NO2. The molecule has 1 aromatic carbocycles. The van der Waals surface area contributed by atoms with Gasteiger partial charge in [-0.05, 0) is 24.6 Å². The lowest BCUT2D eigenvalue weighted by Gasteiger charge is -2.20. The van der Waals surface area contributed by atoms with Crippen molar-refractivity contribution in [2.75, 3.05) is 5.32 Å². The first-order valence-corrected chi connectivity index (χ1v) is 3.83. The van der Waals surface area contributed by atoms with E-state index < -0.39 is 5.91 Å². The molecule has 69 valence electrons. The summed E-state index contributed by atoms with van der Waals surface area (Å²) in [7, 11) is 0. The molecule has 3 heteroatoms. The zero-order chi connectivity index (χ0) is 9.90. The second-order valence-corrected chi connectivity index (χ2v) is 2.71. The summed E-state index contributed by atoms with van der Waals surface area (Å²) in [5.74, 6) is -2.09. The van der Waals surface area contributed by atoms with Gasteiger partial charge in [-0.15, -0.1) is 0 Å². The summed E-state index contributed by atoms with van der Waals surface area (Å²) < 4.78 is 0. The highest BCUT2D eigenvalue weighted by atomic mass is 16.5. The van der Waals surface area contributed by atoms with Crippen LogP contribution in [0.4, 0.5) is 5.69 Å². The maximum atomic E-state index is 9.20. The van der Waals surface area contributed by atoms with Gasteiger partial charge < -0.3 is 15.5 Å². The van der Waals surface area contributed by atoms with Crippen molar-refractivity contribution in [3.8, 4) is 0 Å². The highest BCUT2D eigenvalue weighted by Crippen LogP contribution is 2.16. The highest BCUT2D eigenvalue weighted by molar-refractivity contribution is 5.53. The van der Waals surface area contributed by atoms with Crippen molar-refractivity contribution in [1.29, 1.82) is 0 Å². The fraction of sp³-hybridized carbons (Fsp3) is 0.100. The first-order valence-electron chi connectivity index (χ1n) is 3.83. The fourth-order valence-corrected chi connectivity index (χ4v) is 0.891. The van der Waals surface area contributed by atoms with Gasteiger partial charge in [0.1, 0.15) is 0 Å². The largest absolute Gasteiger partial charge is 0.346 e. The van der Waals surface area contributed by atoms with Crippen molar-refractivity contribution < 1.29 is 10.2 Å². The number of aliphatic hydroxyl groups is 2.